The molecule has 0 aromatic heterocycles. The van der Waals surface area contributed by atoms with E-state index in [1.807, 2.05) is 12.2 Å². The lowest BCUT2D eigenvalue weighted by atomic mass is 10.0. The Bertz CT molecular complexity index is 327. The largest absolute Gasteiger partial charge is 0.469 e. The number of aliphatic hydroxyl groups excluding tert-OH is 1. The second-order valence-corrected chi connectivity index (χ2v) is 4.71. The number of piperidine rings is 1. The number of unbranched alkanes of at least 4 members (excludes halogenated alkanes) is 1. The summed E-state index contributed by atoms with van der Waals surface area (Å²) in [5.41, 5.74) is 0. The van der Waals surface area contributed by atoms with Gasteiger partial charge in [-0.2, -0.15) is 0 Å². The van der Waals surface area contributed by atoms with Crippen LogP contribution < -0.4 is 0 Å². The minimum Gasteiger partial charge on any atom is -0.469 e. The van der Waals surface area contributed by atoms with Gasteiger partial charge in [0.05, 0.1) is 19.8 Å². The summed E-state index contributed by atoms with van der Waals surface area (Å²) in [6.45, 7) is 0.574. The molecule has 1 heterocycles. The number of methoxy groups -OCH3 is 1. The Morgan fingerprint density at radius 2 is 2.32 bits per heavy atom. The number of amides is 1. The second kappa shape index (κ2) is 8.69. The van der Waals surface area contributed by atoms with E-state index in [1.165, 1.54) is 7.11 Å². The van der Waals surface area contributed by atoms with E-state index in [-0.39, 0.29) is 24.5 Å². The molecule has 1 unspecified atom stereocenters. The summed E-state index contributed by atoms with van der Waals surface area (Å²) in [4.78, 5) is 24.4. The highest BCUT2D eigenvalue weighted by Gasteiger charge is 2.25. The molecule has 0 saturated carbocycles. The van der Waals surface area contributed by atoms with E-state index in [0.29, 0.717) is 19.4 Å². The van der Waals surface area contributed by atoms with Crippen molar-refractivity contribution in [1.29, 1.82) is 0 Å². The highest BCUT2D eigenvalue weighted by Crippen LogP contribution is 2.17. The number of hydrogen-bond acceptors (Lipinski definition) is 4. The molecule has 1 aliphatic heterocycles. The number of hydrogen-bond donors (Lipinski definition) is 1. The van der Waals surface area contributed by atoms with Crippen molar-refractivity contribution < 1.29 is 19.4 Å². The molecule has 0 aromatic rings. The van der Waals surface area contributed by atoms with Crippen molar-refractivity contribution in [2.24, 2.45) is 0 Å². The van der Waals surface area contributed by atoms with E-state index in [1.54, 1.807) is 4.90 Å². The van der Waals surface area contributed by atoms with Crippen LogP contribution in [-0.2, 0) is 14.3 Å². The Hall–Kier alpha value is -1.36. The predicted octanol–water partition coefficient (Wildman–Crippen LogP) is 1.26. The molecule has 19 heavy (non-hydrogen) atoms. The molecular formula is C14H23NO4. The lowest BCUT2D eigenvalue weighted by molar-refractivity contribution is -0.140. The van der Waals surface area contributed by atoms with Crippen molar-refractivity contribution in [3.05, 3.63) is 12.2 Å². The molecule has 108 valence electrons. The fraction of sp³-hybridized carbons (Fsp3) is 0.714. The van der Waals surface area contributed by atoms with Gasteiger partial charge in [-0.05, 0) is 25.7 Å². The third-order valence-corrected chi connectivity index (χ3v) is 3.35. The van der Waals surface area contributed by atoms with E-state index in [4.69, 9.17) is 0 Å². The van der Waals surface area contributed by atoms with E-state index in [0.717, 1.165) is 25.7 Å². The number of allylic oxidation sites excluding steroid dienone is 1. The molecule has 0 aliphatic carbocycles. The molecule has 1 atom stereocenters. The Morgan fingerprint density at radius 1 is 1.53 bits per heavy atom. The van der Waals surface area contributed by atoms with E-state index in [9.17, 15) is 14.7 Å². The molecule has 1 saturated heterocycles. The SMILES string of the molecule is COC(=O)CCCC=CCN1C(=O)CCCC1CO. The van der Waals surface area contributed by atoms with Crippen molar-refractivity contribution >= 4 is 11.9 Å². The Labute approximate surface area is 114 Å². The zero-order valence-electron chi connectivity index (χ0n) is 11.5. The molecule has 0 radical (unpaired) electrons. The van der Waals surface area contributed by atoms with Crippen molar-refractivity contribution in [3.63, 3.8) is 0 Å². The molecule has 5 heteroatoms. The zero-order valence-corrected chi connectivity index (χ0v) is 11.5. The average Bonchev–Trinajstić information content (AvgIpc) is 2.43. The summed E-state index contributed by atoms with van der Waals surface area (Å²) in [6, 6.07) is -0.0408. The summed E-state index contributed by atoms with van der Waals surface area (Å²) in [7, 11) is 1.38. The molecule has 1 rings (SSSR count). The van der Waals surface area contributed by atoms with Crippen molar-refractivity contribution in [2.75, 3.05) is 20.3 Å². The van der Waals surface area contributed by atoms with Gasteiger partial charge in [0.2, 0.25) is 5.91 Å². The van der Waals surface area contributed by atoms with Gasteiger partial charge in [-0.1, -0.05) is 12.2 Å². The quantitative estimate of drug-likeness (QED) is 0.429. The third-order valence-electron chi connectivity index (χ3n) is 3.35. The predicted molar refractivity (Wildman–Crippen MR) is 71.4 cm³/mol. The molecule has 0 aromatic carbocycles. The van der Waals surface area contributed by atoms with Crippen LogP contribution in [0, 0.1) is 0 Å². The number of carbonyl (C=O) groups is 2. The van der Waals surface area contributed by atoms with Gasteiger partial charge in [0.25, 0.3) is 0 Å². The molecule has 0 bridgehead atoms. The number of likely N-dealkylation sites (tertiary alicyclic amines) is 1. The molecule has 1 fully saturated rings. The molecule has 1 N–H and O–H groups in total. The highest BCUT2D eigenvalue weighted by molar-refractivity contribution is 5.77. The first-order valence-corrected chi connectivity index (χ1v) is 6.81. The molecule has 5 nitrogen and oxygen atoms in total. The van der Waals surface area contributed by atoms with Gasteiger partial charge in [-0.15, -0.1) is 0 Å². The van der Waals surface area contributed by atoms with Crippen LogP contribution >= 0.6 is 0 Å². The Balaban J connectivity index is 2.25. The van der Waals surface area contributed by atoms with Crippen LogP contribution in [0.3, 0.4) is 0 Å². The maximum atomic E-state index is 11.7. The minimum absolute atomic E-state index is 0.0297. The molecule has 1 amide bonds. The monoisotopic (exact) mass is 269 g/mol. The van der Waals surface area contributed by atoms with E-state index >= 15 is 0 Å². The minimum atomic E-state index is -0.194. The number of esters is 1. The van der Waals surface area contributed by atoms with Crippen LogP contribution in [-0.4, -0.2) is 48.2 Å². The summed E-state index contributed by atoms with van der Waals surface area (Å²) >= 11 is 0. The number of carbonyl (C=O) groups excluding carboxylic acids is 2. The maximum Gasteiger partial charge on any atom is 0.305 e. The zero-order chi connectivity index (χ0) is 14.1. The smallest absolute Gasteiger partial charge is 0.305 e. The Morgan fingerprint density at radius 3 is 3.00 bits per heavy atom. The lowest BCUT2D eigenvalue weighted by Crippen LogP contribution is -2.45. The summed E-state index contributed by atoms with van der Waals surface area (Å²) in [5.74, 6) is -0.0792. The topological polar surface area (TPSA) is 66.8 Å². The maximum absolute atomic E-state index is 11.7. The van der Waals surface area contributed by atoms with E-state index < -0.39 is 0 Å². The van der Waals surface area contributed by atoms with Crippen LogP contribution in [0.5, 0.6) is 0 Å². The summed E-state index contributed by atoms with van der Waals surface area (Å²) in [6.07, 6.45) is 8.18. The fourth-order valence-electron chi connectivity index (χ4n) is 2.20. The highest BCUT2D eigenvalue weighted by atomic mass is 16.5. The van der Waals surface area contributed by atoms with Crippen LogP contribution in [0.2, 0.25) is 0 Å². The lowest BCUT2D eigenvalue weighted by Gasteiger charge is -2.33. The van der Waals surface area contributed by atoms with Gasteiger partial charge >= 0.3 is 5.97 Å². The first-order valence-electron chi connectivity index (χ1n) is 6.81. The summed E-state index contributed by atoms with van der Waals surface area (Å²) < 4.78 is 4.55. The van der Waals surface area contributed by atoms with Gasteiger partial charge < -0.3 is 14.7 Å². The molecule has 1 aliphatic rings. The average molecular weight is 269 g/mol. The van der Waals surface area contributed by atoms with Gasteiger partial charge in [0.1, 0.15) is 0 Å². The number of aliphatic hydroxyl groups is 1. The third kappa shape index (κ3) is 5.42. The second-order valence-electron chi connectivity index (χ2n) is 4.71. The number of rotatable bonds is 7. The molecule has 0 spiro atoms. The van der Waals surface area contributed by atoms with Gasteiger partial charge in [-0.25, -0.2) is 0 Å². The van der Waals surface area contributed by atoms with Gasteiger partial charge in [-0.3, -0.25) is 9.59 Å². The number of nitrogens with zero attached hydrogens (tertiary/aromatic N) is 1. The first-order chi connectivity index (χ1) is 9.19. The van der Waals surface area contributed by atoms with Gasteiger partial charge in [0.15, 0.2) is 0 Å². The van der Waals surface area contributed by atoms with Crippen LogP contribution in [0.15, 0.2) is 12.2 Å². The van der Waals surface area contributed by atoms with E-state index in [2.05, 4.69) is 4.74 Å². The summed E-state index contributed by atoms with van der Waals surface area (Å²) in [5, 5.41) is 9.24. The normalized spacial score (nSPS) is 20.0. The van der Waals surface area contributed by atoms with Crippen LogP contribution in [0.25, 0.3) is 0 Å². The van der Waals surface area contributed by atoms with Crippen molar-refractivity contribution in [2.45, 2.75) is 44.6 Å². The standard InChI is InChI=1S/C14H23NO4/c1-19-14(18)9-4-2-3-5-10-15-12(11-16)7-6-8-13(15)17/h3,5,12,16H,2,4,6-11H2,1H3. The number of ether oxygens (including phenoxy) is 1. The van der Waals surface area contributed by atoms with Crippen molar-refractivity contribution in [1.82, 2.24) is 4.90 Å². The van der Waals surface area contributed by atoms with Crippen LogP contribution in [0.4, 0.5) is 0 Å². The molecular weight excluding hydrogens is 246 g/mol. The van der Waals surface area contributed by atoms with Gasteiger partial charge in [0, 0.05) is 19.4 Å². The fourth-order valence-corrected chi connectivity index (χ4v) is 2.20. The first kappa shape index (κ1) is 15.7. The Kier molecular flexibility index (Phi) is 7.18. The van der Waals surface area contributed by atoms with Crippen LogP contribution in [0.1, 0.15) is 38.5 Å². The van der Waals surface area contributed by atoms with Crippen molar-refractivity contribution in [3.8, 4) is 0 Å².